The topological polar surface area (TPSA) is 120 Å². The van der Waals surface area contributed by atoms with Gasteiger partial charge >= 0.3 is 0 Å². The molecule has 0 spiro atoms. The molecule has 0 fully saturated rings. The van der Waals surface area contributed by atoms with Crippen LogP contribution in [-0.4, -0.2) is 28.9 Å². The van der Waals surface area contributed by atoms with E-state index >= 15 is 0 Å². The number of nitrogens with zero attached hydrogens (tertiary/aromatic N) is 3. The summed E-state index contributed by atoms with van der Waals surface area (Å²) in [4.78, 5) is 22.3. The number of aryl methyl sites for hydroxylation is 2. The summed E-state index contributed by atoms with van der Waals surface area (Å²) >= 11 is 0. The highest BCUT2D eigenvalue weighted by Gasteiger charge is 2.18. The van der Waals surface area contributed by atoms with Crippen LogP contribution in [0.15, 0.2) is 90.0 Å². The van der Waals surface area contributed by atoms with Crippen LogP contribution in [0.2, 0.25) is 0 Å². The molecule has 3 N–H and O–H groups in total. The number of carbonyl (C=O) groups excluding carboxylic acids is 1. The number of fused-ring (bicyclic) bond motifs is 1. The minimum Gasteiger partial charge on any atom is -0.320 e. The maximum atomic E-state index is 12.7. The second-order valence-electron chi connectivity index (χ2n) is 9.00. The summed E-state index contributed by atoms with van der Waals surface area (Å²) in [6, 6.07) is 23.4. The molecule has 0 aliphatic rings. The third-order valence-corrected chi connectivity index (χ3v) is 7.46. The summed E-state index contributed by atoms with van der Waals surface area (Å²) in [6.45, 7) is 4.51. The van der Waals surface area contributed by atoms with Crippen molar-refractivity contribution in [3.63, 3.8) is 0 Å². The van der Waals surface area contributed by atoms with Crippen molar-refractivity contribution in [2.45, 2.75) is 31.7 Å². The number of pyridine rings is 1. The zero-order chi connectivity index (χ0) is 26.9. The predicted octanol–water partition coefficient (Wildman–Crippen LogP) is 4.92. The Morgan fingerprint density at radius 2 is 1.66 bits per heavy atom. The monoisotopic (exact) mass is 525 g/mol. The van der Waals surface area contributed by atoms with Gasteiger partial charge in [-0.1, -0.05) is 67.6 Å². The number of rotatable bonds is 7. The van der Waals surface area contributed by atoms with Gasteiger partial charge in [0, 0.05) is 23.1 Å². The van der Waals surface area contributed by atoms with E-state index in [1.54, 1.807) is 36.5 Å². The van der Waals surface area contributed by atoms with Crippen LogP contribution in [0.25, 0.3) is 22.3 Å². The van der Waals surface area contributed by atoms with E-state index in [2.05, 4.69) is 14.9 Å². The smallest absolute Gasteiger partial charge is 0.255 e. The summed E-state index contributed by atoms with van der Waals surface area (Å²) in [5.41, 5.74) is 5.86. The number of benzene rings is 3. The first-order chi connectivity index (χ1) is 18.3. The number of primary sulfonamides is 1. The van der Waals surface area contributed by atoms with Gasteiger partial charge < -0.3 is 9.88 Å². The summed E-state index contributed by atoms with van der Waals surface area (Å²) in [6.07, 6.45) is 2.38. The van der Waals surface area contributed by atoms with Gasteiger partial charge in [0.25, 0.3) is 5.91 Å². The molecule has 0 radical (unpaired) electrons. The average Bonchev–Trinajstić information content (AvgIpc) is 3.28. The molecule has 0 aliphatic carbocycles. The molecule has 9 heteroatoms. The molecule has 192 valence electrons. The molecule has 2 aromatic heterocycles. The van der Waals surface area contributed by atoms with Gasteiger partial charge in [0.05, 0.1) is 23.3 Å². The predicted molar refractivity (Wildman–Crippen MR) is 148 cm³/mol. The fraction of sp³-hybridized carbons (Fsp3) is 0.138. The average molecular weight is 526 g/mol. The second kappa shape index (κ2) is 10.2. The van der Waals surface area contributed by atoms with Crippen molar-refractivity contribution in [2.24, 2.45) is 5.14 Å². The van der Waals surface area contributed by atoms with Crippen molar-refractivity contribution in [3.8, 4) is 11.1 Å². The third kappa shape index (κ3) is 4.93. The Morgan fingerprint density at radius 1 is 0.974 bits per heavy atom. The fourth-order valence-corrected chi connectivity index (χ4v) is 5.25. The van der Waals surface area contributed by atoms with E-state index in [4.69, 9.17) is 10.1 Å². The molecule has 0 saturated heterocycles. The molecule has 1 amide bonds. The van der Waals surface area contributed by atoms with Crippen LogP contribution in [0.3, 0.4) is 0 Å². The largest absolute Gasteiger partial charge is 0.320 e. The second-order valence-corrected chi connectivity index (χ2v) is 10.5. The minimum atomic E-state index is -3.84. The Morgan fingerprint density at radius 3 is 2.34 bits per heavy atom. The lowest BCUT2D eigenvalue weighted by molar-refractivity contribution is 0.102. The highest BCUT2D eigenvalue weighted by Crippen LogP contribution is 2.28. The number of nitrogens with two attached hydrogens (primary N) is 1. The van der Waals surface area contributed by atoms with Crippen molar-refractivity contribution in [3.05, 3.63) is 108 Å². The van der Waals surface area contributed by atoms with E-state index in [1.165, 1.54) is 6.07 Å². The summed E-state index contributed by atoms with van der Waals surface area (Å²) in [5.74, 6) is 0.680. The van der Waals surface area contributed by atoms with Crippen LogP contribution < -0.4 is 10.5 Å². The first-order valence-electron chi connectivity index (χ1n) is 12.2. The Kier molecular flexibility index (Phi) is 6.79. The molecule has 38 heavy (non-hydrogen) atoms. The molecule has 3 aromatic carbocycles. The molecular weight excluding hydrogens is 498 g/mol. The maximum Gasteiger partial charge on any atom is 0.255 e. The maximum absolute atomic E-state index is 12.7. The van der Waals surface area contributed by atoms with Gasteiger partial charge in [0.2, 0.25) is 10.0 Å². The van der Waals surface area contributed by atoms with Crippen molar-refractivity contribution in [2.75, 3.05) is 5.32 Å². The van der Waals surface area contributed by atoms with Crippen molar-refractivity contribution in [1.29, 1.82) is 0 Å². The van der Waals surface area contributed by atoms with Crippen LogP contribution >= 0.6 is 0 Å². The minimum absolute atomic E-state index is 0.0939. The summed E-state index contributed by atoms with van der Waals surface area (Å²) in [7, 11) is -3.84. The first kappa shape index (κ1) is 25.3. The highest BCUT2D eigenvalue weighted by atomic mass is 32.2. The van der Waals surface area contributed by atoms with E-state index in [1.807, 2.05) is 56.3 Å². The number of sulfonamides is 1. The first-order valence-corrected chi connectivity index (χ1v) is 13.7. The number of hydrogen-bond donors (Lipinski definition) is 2. The van der Waals surface area contributed by atoms with Crippen LogP contribution in [0.5, 0.6) is 0 Å². The van der Waals surface area contributed by atoms with E-state index in [0.717, 1.165) is 33.7 Å². The van der Waals surface area contributed by atoms with Crippen LogP contribution in [0, 0.1) is 6.92 Å². The number of amides is 1. The van der Waals surface area contributed by atoms with Crippen LogP contribution in [0.4, 0.5) is 5.69 Å². The van der Waals surface area contributed by atoms with Gasteiger partial charge in [-0.05, 0) is 36.2 Å². The van der Waals surface area contributed by atoms with Crippen molar-refractivity contribution < 1.29 is 13.2 Å². The van der Waals surface area contributed by atoms with Crippen LogP contribution in [-0.2, 0) is 23.0 Å². The molecule has 0 aliphatic heterocycles. The zero-order valence-electron chi connectivity index (χ0n) is 21.0. The Bertz CT molecular complexity index is 1750. The number of anilines is 1. The standard InChI is InChI=1S/C29H27N5O3S/c1-3-26-33-27-19(2)24(32-29(35)22-9-5-4-6-10-22)17-31-28(27)34(26)18-20-13-15-21(16-14-20)23-11-7-8-12-25(23)38(30,36)37/h4-17H,3,18H2,1-2H3,(H,32,35)(H2,30,36,37). The summed E-state index contributed by atoms with van der Waals surface area (Å²) < 4.78 is 26.1. The molecular formula is C29H27N5O3S. The quantitative estimate of drug-likeness (QED) is 0.313. The van der Waals surface area contributed by atoms with Crippen LogP contribution in [0.1, 0.15) is 34.2 Å². The number of nitrogens with one attached hydrogen (secondary N) is 1. The molecule has 5 rings (SSSR count). The van der Waals surface area contributed by atoms with Gasteiger partial charge in [0.1, 0.15) is 11.3 Å². The van der Waals surface area contributed by atoms with Gasteiger partial charge in [-0.2, -0.15) is 0 Å². The van der Waals surface area contributed by atoms with E-state index in [-0.39, 0.29) is 10.8 Å². The SMILES string of the molecule is CCc1nc2c(C)c(NC(=O)c3ccccc3)cnc2n1Cc1ccc(-c2ccccc2S(N)(=O)=O)cc1. The van der Waals surface area contributed by atoms with E-state index in [9.17, 15) is 13.2 Å². The molecule has 0 unspecified atom stereocenters. The van der Waals surface area contributed by atoms with Gasteiger partial charge in [0.15, 0.2) is 5.65 Å². The lowest BCUT2D eigenvalue weighted by Crippen LogP contribution is -2.13. The molecule has 5 aromatic rings. The van der Waals surface area contributed by atoms with Crippen molar-refractivity contribution >= 4 is 32.8 Å². The van der Waals surface area contributed by atoms with Gasteiger partial charge in [-0.15, -0.1) is 0 Å². The van der Waals surface area contributed by atoms with Gasteiger partial charge in [-0.25, -0.2) is 23.5 Å². The molecule has 0 bridgehead atoms. The molecule has 0 atom stereocenters. The normalized spacial score (nSPS) is 11.6. The van der Waals surface area contributed by atoms with E-state index < -0.39 is 10.0 Å². The van der Waals surface area contributed by atoms with Crippen molar-refractivity contribution in [1.82, 2.24) is 14.5 Å². The molecule has 2 heterocycles. The van der Waals surface area contributed by atoms with Gasteiger partial charge in [-0.3, -0.25) is 4.79 Å². The Hall–Kier alpha value is -4.34. The number of carbonyl (C=O) groups is 1. The highest BCUT2D eigenvalue weighted by molar-refractivity contribution is 7.89. The molecule has 8 nitrogen and oxygen atoms in total. The lowest BCUT2D eigenvalue weighted by Gasteiger charge is -2.11. The number of hydrogen-bond acceptors (Lipinski definition) is 5. The Labute approximate surface area is 221 Å². The van der Waals surface area contributed by atoms with E-state index in [0.29, 0.717) is 29.8 Å². The fourth-order valence-electron chi connectivity index (χ4n) is 4.49. The number of aromatic nitrogens is 3. The third-order valence-electron chi connectivity index (χ3n) is 6.49. The lowest BCUT2D eigenvalue weighted by atomic mass is 10.0. The number of imidazole rings is 1. The zero-order valence-corrected chi connectivity index (χ0v) is 21.9. The molecule has 0 saturated carbocycles. The summed E-state index contributed by atoms with van der Waals surface area (Å²) in [5, 5.41) is 8.36. The Balaban J connectivity index is 1.45.